The predicted molar refractivity (Wildman–Crippen MR) is 69.1 cm³/mol. The van der Waals surface area contributed by atoms with Gasteiger partial charge in [0.1, 0.15) is 5.82 Å². The molecular formula is C12H14FN3O2S. The maximum absolute atomic E-state index is 13.0. The zero-order valence-electron chi connectivity index (χ0n) is 10.4. The standard InChI is InChI=1S/C12H14FN3O2S/c1-16-8-11(6-14-16)7-15-19(17,18)9-10-3-2-4-12(13)5-10/h2-6,8,15H,7,9H2,1H3. The number of aryl methyl sites for hydroxylation is 1. The third-order valence-electron chi connectivity index (χ3n) is 2.50. The molecule has 5 nitrogen and oxygen atoms in total. The first-order chi connectivity index (χ1) is 8.94. The van der Waals surface area contributed by atoms with Crippen molar-refractivity contribution in [3.8, 4) is 0 Å². The van der Waals surface area contributed by atoms with E-state index >= 15 is 0 Å². The van der Waals surface area contributed by atoms with E-state index in [-0.39, 0.29) is 12.3 Å². The molecule has 1 heterocycles. The lowest BCUT2D eigenvalue weighted by Crippen LogP contribution is -2.24. The molecule has 2 aromatic rings. The molecule has 0 radical (unpaired) electrons. The Morgan fingerprint density at radius 2 is 2.16 bits per heavy atom. The average molecular weight is 283 g/mol. The molecule has 19 heavy (non-hydrogen) atoms. The Morgan fingerprint density at radius 1 is 1.37 bits per heavy atom. The van der Waals surface area contributed by atoms with Crippen molar-refractivity contribution >= 4 is 10.0 Å². The van der Waals surface area contributed by atoms with E-state index in [2.05, 4.69) is 9.82 Å². The number of benzene rings is 1. The summed E-state index contributed by atoms with van der Waals surface area (Å²) in [7, 11) is -1.74. The number of sulfonamides is 1. The zero-order chi connectivity index (χ0) is 13.9. The number of rotatable bonds is 5. The van der Waals surface area contributed by atoms with E-state index in [0.29, 0.717) is 5.56 Å². The smallest absolute Gasteiger partial charge is 0.216 e. The van der Waals surface area contributed by atoms with Crippen LogP contribution in [0.4, 0.5) is 4.39 Å². The minimum Gasteiger partial charge on any atom is -0.275 e. The highest BCUT2D eigenvalue weighted by atomic mass is 32.2. The van der Waals surface area contributed by atoms with Crippen LogP contribution < -0.4 is 4.72 Å². The molecule has 0 aliphatic carbocycles. The van der Waals surface area contributed by atoms with Crippen LogP contribution in [0.15, 0.2) is 36.7 Å². The Hall–Kier alpha value is -1.73. The van der Waals surface area contributed by atoms with Crippen LogP contribution in [0.1, 0.15) is 11.1 Å². The van der Waals surface area contributed by atoms with Crippen molar-refractivity contribution in [3.05, 3.63) is 53.6 Å². The van der Waals surface area contributed by atoms with Crippen LogP contribution in [0, 0.1) is 5.82 Å². The third kappa shape index (κ3) is 4.15. The fourth-order valence-corrected chi connectivity index (χ4v) is 2.76. The van der Waals surface area contributed by atoms with Crippen molar-refractivity contribution in [2.45, 2.75) is 12.3 Å². The minimum atomic E-state index is -3.49. The monoisotopic (exact) mass is 283 g/mol. The fraction of sp³-hybridized carbons (Fsp3) is 0.250. The van der Waals surface area contributed by atoms with Crippen LogP contribution in [0.3, 0.4) is 0 Å². The highest BCUT2D eigenvalue weighted by molar-refractivity contribution is 7.88. The Kier molecular flexibility index (Phi) is 3.96. The van der Waals surface area contributed by atoms with Crippen LogP contribution in [-0.4, -0.2) is 18.2 Å². The molecule has 0 amide bonds. The largest absolute Gasteiger partial charge is 0.275 e. The molecule has 1 aromatic carbocycles. The first-order valence-electron chi connectivity index (χ1n) is 5.64. The van der Waals surface area contributed by atoms with Crippen molar-refractivity contribution in [2.75, 3.05) is 0 Å². The van der Waals surface area contributed by atoms with Gasteiger partial charge in [-0.25, -0.2) is 17.5 Å². The lowest BCUT2D eigenvalue weighted by molar-refractivity contribution is 0.580. The van der Waals surface area contributed by atoms with Crippen LogP contribution in [0.25, 0.3) is 0 Å². The van der Waals surface area contributed by atoms with E-state index in [1.165, 1.54) is 18.2 Å². The number of nitrogens with zero attached hydrogens (tertiary/aromatic N) is 2. The summed E-state index contributed by atoms with van der Waals surface area (Å²) in [5.74, 6) is -0.689. The third-order valence-corrected chi connectivity index (χ3v) is 3.80. The van der Waals surface area contributed by atoms with Crippen molar-refractivity contribution in [3.63, 3.8) is 0 Å². The van der Waals surface area contributed by atoms with Gasteiger partial charge in [0.15, 0.2) is 0 Å². The summed E-state index contributed by atoms with van der Waals surface area (Å²) in [5, 5.41) is 3.95. The Morgan fingerprint density at radius 3 is 2.79 bits per heavy atom. The second-order valence-electron chi connectivity index (χ2n) is 4.23. The van der Waals surface area contributed by atoms with Gasteiger partial charge in [-0.3, -0.25) is 4.68 Å². The summed E-state index contributed by atoms with van der Waals surface area (Å²) in [5.41, 5.74) is 1.18. The second kappa shape index (κ2) is 5.50. The normalized spacial score (nSPS) is 11.7. The Bertz CT molecular complexity index is 667. The number of nitrogens with one attached hydrogen (secondary N) is 1. The van der Waals surface area contributed by atoms with Gasteiger partial charge in [-0.15, -0.1) is 0 Å². The van der Waals surface area contributed by atoms with Gasteiger partial charge in [-0.1, -0.05) is 12.1 Å². The van der Waals surface area contributed by atoms with E-state index in [0.717, 1.165) is 5.56 Å². The summed E-state index contributed by atoms with van der Waals surface area (Å²) < 4.78 is 40.7. The zero-order valence-corrected chi connectivity index (χ0v) is 11.2. The van der Waals surface area contributed by atoms with E-state index < -0.39 is 15.8 Å². The van der Waals surface area contributed by atoms with Crippen molar-refractivity contribution in [1.29, 1.82) is 0 Å². The second-order valence-corrected chi connectivity index (χ2v) is 6.04. The highest BCUT2D eigenvalue weighted by Gasteiger charge is 2.12. The topological polar surface area (TPSA) is 64.0 Å². The minimum absolute atomic E-state index is 0.172. The summed E-state index contributed by atoms with van der Waals surface area (Å²) >= 11 is 0. The highest BCUT2D eigenvalue weighted by Crippen LogP contribution is 2.08. The van der Waals surface area contributed by atoms with Crippen LogP contribution in [0.2, 0.25) is 0 Å². The van der Waals surface area contributed by atoms with E-state index in [9.17, 15) is 12.8 Å². The fourth-order valence-electron chi connectivity index (χ4n) is 1.65. The van der Waals surface area contributed by atoms with E-state index in [1.807, 2.05) is 0 Å². The summed E-state index contributed by atoms with van der Waals surface area (Å²) in [6.07, 6.45) is 3.31. The number of hydrogen-bond donors (Lipinski definition) is 1. The molecule has 1 N–H and O–H groups in total. The van der Waals surface area contributed by atoms with Crippen molar-refractivity contribution in [1.82, 2.24) is 14.5 Å². The first kappa shape index (κ1) is 13.7. The van der Waals surface area contributed by atoms with Gasteiger partial charge >= 0.3 is 0 Å². The molecule has 0 aliphatic rings. The molecule has 0 unspecified atom stereocenters. The quantitative estimate of drug-likeness (QED) is 0.896. The summed E-state index contributed by atoms with van der Waals surface area (Å²) in [4.78, 5) is 0. The molecule has 1 aromatic heterocycles. The molecule has 0 saturated carbocycles. The molecule has 0 fully saturated rings. The Labute approximate surface area is 111 Å². The summed E-state index contributed by atoms with van der Waals surface area (Å²) in [6, 6.07) is 5.55. The molecular weight excluding hydrogens is 269 g/mol. The molecule has 2 rings (SSSR count). The number of halogens is 1. The van der Waals surface area contributed by atoms with E-state index in [4.69, 9.17) is 0 Å². The lowest BCUT2D eigenvalue weighted by Gasteiger charge is -2.05. The van der Waals surface area contributed by atoms with Gasteiger partial charge < -0.3 is 0 Å². The van der Waals surface area contributed by atoms with Gasteiger partial charge in [-0.05, 0) is 17.7 Å². The lowest BCUT2D eigenvalue weighted by atomic mass is 10.2. The van der Waals surface area contributed by atoms with Gasteiger partial charge in [0.05, 0.1) is 11.9 Å². The molecule has 0 atom stereocenters. The average Bonchev–Trinajstić information content (AvgIpc) is 2.72. The van der Waals surface area contributed by atoms with Crippen LogP contribution >= 0.6 is 0 Å². The first-order valence-corrected chi connectivity index (χ1v) is 7.29. The molecule has 0 spiro atoms. The van der Waals surface area contributed by atoms with Crippen molar-refractivity contribution < 1.29 is 12.8 Å². The molecule has 0 saturated heterocycles. The molecule has 0 bridgehead atoms. The van der Waals surface area contributed by atoms with Crippen LogP contribution in [-0.2, 0) is 29.4 Å². The van der Waals surface area contributed by atoms with Crippen LogP contribution in [0.5, 0.6) is 0 Å². The van der Waals surface area contributed by atoms with Gasteiger partial charge in [-0.2, -0.15) is 5.10 Å². The predicted octanol–water partition coefficient (Wildman–Crippen LogP) is 1.18. The maximum Gasteiger partial charge on any atom is 0.216 e. The SMILES string of the molecule is Cn1cc(CNS(=O)(=O)Cc2cccc(F)c2)cn1. The van der Waals surface area contributed by atoms with Crippen molar-refractivity contribution in [2.24, 2.45) is 7.05 Å². The van der Waals surface area contributed by atoms with Gasteiger partial charge in [0.2, 0.25) is 10.0 Å². The number of aromatic nitrogens is 2. The van der Waals surface area contributed by atoms with Gasteiger partial charge in [0, 0.05) is 25.4 Å². The van der Waals surface area contributed by atoms with Gasteiger partial charge in [0.25, 0.3) is 0 Å². The summed E-state index contributed by atoms with van der Waals surface area (Å²) in [6.45, 7) is 0.172. The molecule has 0 aliphatic heterocycles. The number of hydrogen-bond acceptors (Lipinski definition) is 3. The van der Waals surface area contributed by atoms with E-state index in [1.54, 1.807) is 30.2 Å². The maximum atomic E-state index is 13.0. The Balaban J connectivity index is 1.99. The molecule has 102 valence electrons. The molecule has 7 heteroatoms.